The Labute approximate surface area is 136 Å². The van der Waals surface area contributed by atoms with Crippen molar-refractivity contribution in [2.75, 3.05) is 0 Å². The molecule has 0 saturated carbocycles. The summed E-state index contributed by atoms with van der Waals surface area (Å²) in [6, 6.07) is 0. The Morgan fingerprint density at radius 1 is 0.611 bits per heavy atom. The third-order valence-electron chi connectivity index (χ3n) is 3.33. The molecule has 0 heterocycles. The van der Waals surface area contributed by atoms with Gasteiger partial charge in [0.2, 0.25) is 0 Å². The summed E-state index contributed by atoms with van der Waals surface area (Å²) in [7, 11) is 3.19. The molecule has 0 aliphatic carbocycles. The van der Waals surface area contributed by atoms with E-state index in [9.17, 15) is 0 Å². The van der Waals surface area contributed by atoms with Gasteiger partial charge in [0.15, 0.2) is 0 Å². The standard InChI is InChI=1S/C14H31P.3ClH/c1-4-7-10-13-14(15,11-8-5-2)12-9-6-3;;;/h4-13,15H2,1-3H3;3*1H. The lowest BCUT2D eigenvalue weighted by atomic mass is 9.89. The molecule has 18 heavy (non-hydrogen) atoms. The fourth-order valence-corrected chi connectivity index (χ4v) is 2.77. The second-order valence-electron chi connectivity index (χ2n) is 5.03. The zero-order valence-corrected chi connectivity index (χ0v) is 16.0. The molecule has 0 radical (unpaired) electrons. The SMILES string of the molecule is CCCCCC(P)(CCCC)CCCC.Cl.Cl.Cl. The molecule has 1 atom stereocenters. The van der Waals surface area contributed by atoms with Gasteiger partial charge in [0.1, 0.15) is 0 Å². The van der Waals surface area contributed by atoms with E-state index in [0.717, 1.165) is 0 Å². The minimum Gasteiger partial charge on any atom is -0.147 e. The molecule has 0 saturated heterocycles. The first-order valence-electron chi connectivity index (χ1n) is 6.97. The smallest absolute Gasteiger partial charge is 0.0150 e. The lowest BCUT2D eigenvalue weighted by Gasteiger charge is -2.29. The number of unbranched alkanes of at least 4 members (excludes halogenated alkanes) is 4. The molecule has 116 valence electrons. The largest absolute Gasteiger partial charge is 0.147 e. The molecule has 0 bridgehead atoms. The summed E-state index contributed by atoms with van der Waals surface area (Å²) in [5.74, 6) is 0. The molecule has 0 nitrogen and oxygen atoms in total. The predicted octanol–water partition coefficient (Wildman–Crippen LogP) is 6.83. The highest BCUT2D eigenvalue weighted by molar-refractivity contribution is 7.19. The molecule has 0 fully saturated rings. The van der Waals surface area contributed by atoms with Crippen LogP contribution in [0, 0.1) is 0 Å². The van der Waals surface area contributed by atoms with Gasteiger partial charge in [-0.15, -0.1) is 46.5 Å². The van der Waals surface area contributed by atoms with Crippen LogP contribution in [0.1, 0.15) is 85.0 Å². The lowest BCUT2D eigenvalue weighted by Crippen LogP contribution is -2.20. The third kappa shape index (κ3) is 15.4. The molecule has 4 heteroatoms. The summed E-state index contributed by atoms with van der Waals surface area (Å²) in [5.41, 5.74) is 0. The van der Waals surface area contributed by atoms with E-state index in [1.807, 2.05) is 0 Å². The summed E-state index contributed by atoms with van der Waals surface area (Å²) in [5, 5.41) is 0.571. The van der Waals surface area contributed by atoms with Crippen molar-refractivity contribution < 1.29 is 0 Å². The van der Waals surface area contributed by atoms with Crippen LogP contribution in [0.15, 0.2) is 0 Å². The molecule has 0 rings (SSSR count). The molecule has 1 unspecified atom stereocenters. The van der Waals surface area contributed by atoms with Gasteiger partial charge >= 0.3 is 0 Å². The first-order valence-corrected chi connectivity index (χ1v) is 7.55. The summed E-state index contributed by atoms with van der Waals surface area (Å²) in [6.45, 7) is 6.90. The highest BCUT2D eigenvalue weighted by Gasteiger charge is 2.22. The Kier molecular flexibility index (Phi) is 28.1. The van der Waals surface area contributed by atoms with Crippen molar-refractivity contribution in [1.82, 2.24) is 0 Å². The average Bonchev–Trinajstić information content (AvgIpc) is 2.24. The van der Waals surface area contributed by atoms with Gasteiger partial charge in [-0.25, -0.2) is 0 Å². The van der Waals surface area contributed by atoms with Crippen LogP contribution in [0.25, 0.3) is 0 Å². The Morgan fingerprint density at radius 3 is 1.28 bits per heavy atom. The van der Waals surface area contributed by atoms with Crippen LogP contribution >= 0.6 is 46.5 Å². The molecule has 0 amide bonds. The summed E-state index contributed by atoms with van der Waals surface area (Å²) in [6.07, 6.45) is 13.9. The monoisotopic (exact) mass is 338 g/mol. The second-order valence-corrected chi connectivity index (χ2v) is 6.25. The zero-order chi connectivity index (χ0) is 11.6. The number of hydrogen-bond acceptors (Lipinski definition) is 0. The van der Waals surface area contributed by atoms with Crippen LogP contribution in [-0.2, 0) is 0 Å². The van der Waals surface area contributed by atoms with Crippen LogP contribution in [0.4, 0.5) is 0 Å². The molecule has 0 spiro atoms. The Balaban J connectivity index is -0.000000327. The maximum absolute atomic E-state index is 3.19. The quantitative estimate of drug-likeness (QED) is 0.302. The third-order valence-corrected chi connectivity index (χ3v) is 4.20. The van der Waals surface area contributed by atoms with Gasteiger partial charge in [-0.2, -0.15) is 0 Å². The van der Waals surface area contributed by atoms with Crippen LogP contribution in [0.5, 0.6) is 0 Å². The minimum absolute atomic E-state index is 0. The molecular formula is C14H34Cl3P. The van der Waals surface area contributed by atoms with Gasteiger partial charge in [-0.1, -0.05) is 65.7 Å². The van der Waals surface area contributed by atoms with Crippen LogP contribution in [0.2, 0.25) is 0 Å². The van der Waals surface area contributed by atoms with Crippen molar-refractivity contribution in [2.45, 2.75) is 90.1 Å². The van der Waals surface area contributed by atoms with E-state index in [1.165, 1.54) is 64.2 Å². The predicted molar refractivity (Wildman–Crippen MR) is 97.4 cm³/mol. The molecule has 0 aromatic rings. The highest BCUT2D eigenvalue weighted by Crippen LogP contribution is 2.36. The van der Waals surface area contributed by atoms with Gasteiger partial charge in [-0.3, -0.25) is 0 Å². The summed E-state index contributed by atoms with van der Waals surface area (Å²) >= 11 is 0. The average molecular weight is 340 g/mol. The maximum atomic E-state index is 3.19. The van der Waals surface area contributed by atoms with E-state index in [2.05, 4.69) is 30.0 Å². The van der Waals surface area contributed by atoms with Gasteiger partial charge in [-0.05, 0) is 24.4 Å². The van der Waals surface area contributed by atoms with Gasteiger partial charge < -0.3 is 0 Å². The van der Waals surface area contributed by atoms with E-state index in [4.69, 9.17) is 0 Å². The molecule has 0 aliphatic rings. The minimum atomic E-state index is 0. The Hall–Kier alpha value is 1.30. The molecular weight excluding hydrogens is 305 g/mol. The fourth-order valence-electron chi connectivity index (χ4n) is 2.16. The first kappa shape index (κ1) is 27.6. The van der Waals surface area contributed by atoms with Crippen molar-refractivity contribution in [2.24, 2.45) is 0 Å². The van der Waals surface area contributed by atoms with Crippen LogP contribution in [0.3, 0.4) is 0 Å². The van der Waals surface area contributed by atoms with Gasteiger partial charge in [0.05, 0.1) is 0 Å². The normalized spacial score (nSPS) is 10.0. The lowest BCUT2D eigenvalue weighted by molar-refractivity contribution is 0.420. The molecule has 0 aromatic carbocycles. The van der Waals surface area contributed by atoms with E-state index < -0.39 is 0 Å². The van der Waals surface area contributed by atoms with Gasteiger partial charge in [0.25, 0.3) is 0 Å². The van der Waals surface area contributed by atoms with Crippen molar-refractivity contribution in [3.8, 4) is 0 Å². The number of hydrogen-bond donors (Lipinski definition) is 0. The number of rotatable bonds is 10. The first-order chi connectivity index (χ1) is 7.18. The topological polar surface area (TPSA) is 0 Å². The molecule has 0 N–H and O–H groups in total. The highest BCUT2D eigenvalue weighted by atomic mass is 35.5. The maximum Gasteiger partial charge on any atom is -0.0150 e. The van der Waals surface area contributed by atoms with Crippen LogP contribution < -0.4 is 0 Å². The zero-order valence-electron chi connectivity index (χ0n) is 12.4. The Bertz CT molecular complexity index is 135. The van der Waals surface area contributed by atoms with E-state index >= 15 is 0 Å². The number of halogens is 3. The van der Waals surface area contributed by atoms with Crippen molar-refractivity contribution in [3.05, 3.63) is 0 Å². The second kappa shape index (κ2) is 18.3. The molecule has 0 aromatic heterocycles. The fraction of sp³-hybridized carbons (Fsp3) is 1.00. The summed E-state index contributed by atoms with van der Waals surface area (Å²) < 4.78 is 0. The van der Waals surface area contributed by atoms with E-state index in [-0.39, 0.29) is 37.2 Å². The van der Waals surface area contributed by atoms with Crippen molar-refractivity contribution in [3.63, 3.8) is 0 Å². The molecule has 0 aliphatic heterocycles. The van der Waals surface area contributed by atoms with E-state index in [1.54, 1.807) is 0 Å². The Morgan fingerprint density at radius 2 is 0.944 bits per heavy atom. The van der Waals surface area contributed by atoms with Crippen LogP contribution in [-0.4, -0.2) is 5.16 Å². The van der Waals surface area contributed by atoms with E-state index in [0.29, 0.717) is 5.16 Å². The van der Waals surface area contributed by atoms with Crippen molar-refractivity contribution >= 4 is 46.5 Å². The summed E-state index contributed by atoms with van der Waals surface area (Å²) in [4.78, 5) is 0. The van der Waals surface area contributed by atoms with Gasteiger partial charge in [0, 0.05) is 0 Å². The van der Waals surface area contributed by atoms with Crippen molar-refractivity contribution in [1.29, 1.82) is 0 Å².